The molecular formula is C19H21N3O2. The molecule has 5 nitrogen and oxygen atoms in total. The predicted molar refractivity (Wildman–Crippen MR) is 94.7 cm³/mol. The van der Waals surface area contributed by atoms with Crippen molar-refractivity contribution in [3.05, 3.63) is 76.3 Å². The number of aliphatic hydroxyl groups excluding tert-OH is 1. The van der Waals surface area contributed by atoms with Crippen LogP contribution in [0, 0.1) is 0 Å². The third-order valence-electron chi connectivity index (χ3n) is 4.03. The van der Waals surface area contributed by atoms with Crippen molar-refractivity contribution in [3.8, 4) is 0 Å². The van der Waals surface area contributed by atoms with Gasteiger partial charge in [-0.05, 0) is 30.2 Å². The Labute approximate surface area is 140 Å². The van der Waals surface area contributed by atoms with Gasteiger partial charge in [-0.25, -0.2) is 4.98 Å². The van der Waals surface area contributed by atoms with Gasteiger partial charge in [-0.1, -0.05) is 36.4 Å². The molecule has 2 aromatic carbocycles. The first-order valence-corrected chi connectivity index (χ1v) is 8.03. The molecular weight excluding hydrogens is 302 g/mol. The molecule has 0 saturated heterocycles. The third-order valence-corrected chi connectivity index (χ3v) is 4.03. The molecule has 0 radical (unpaired) electrons. The number of para-hydroxylation sites is 1. The summed E-state index contributed by atoms with van der Waals surface area (Å²) in [7, 11) is 0. The Balaban J connectivity index is 1.67. The number of rotatable bonds is 6. The number of aromatic nitrogens is 2. The molecule has 1 unspecified atom stereocenters. The zero-order valence-electron chi connectivity index (χ0n) is 13.6. The molecule has 0 aliphatic heterocycles. The molecule has 0 spiro atoms. The van der Waals surface area contributed by atoms with Crippen molar-refractivity contribution in [1.29, 1.82) is 0 Å². The van der Waals surface area contributed by atoms with Gasteiger partial charge in [0, 0.05) is 19.1 Å². The number of hydrogen-bond donors (Lipinski definition) is 2. The second kappa shape index (κ2) is 7.38. The van der Waals surface area contributed by atoms with Crippen LogP contribution in [0.15, 0.2) is 59.7 Å². The zero-order chi connectivity index (χ0) is 16.9. The highest BCUT2D eigenvalue weighted by molar-refractivity contribution is 5.76. The van der Waals surface area contributed by atoms with E-state index in [-0.39, 0.29) is 18.2 Å². The van der Waals surface area contributed by atoms with Crippen LogP contribution >= 0.6 is 0 Å². The summed E-state index contributed by atoms with van der Waals surface area (Å²) in [6.45, 7) is 3.32. The number of nitrogens with zero attached hydrogens (tertiary/aromatic N) is 2. The topological polar surface area (TPSA) is 67.2 Å². The Morgan fingerprint density at radius 2 is 1.96 bits per heavy atom. The molecule has 1 heterocycles. The van der Waals surface area contributed by atoms with E-state index in [2.05, 4.69) is 10.3 Å². The van der Waals surface area contributed by atoms with E-state index in [0.717, 1.165) is 16.6 Å². The Morgan fingerprint density at radius 3 is 2.79 bits per heavy atom. The Morgan fingerprint density at radius 1 is 1.17 bits per heavy atom. The van der Waals surface area contributed by atoms with Gasteiger partial charge >= 0.3 is 0 Å². The lowest BCUT2D eigenvalue weighted by atomic mass is 10.1. The number of hydrogen-bond acceptors (Lipinski definition) is 4. The molecule has 0 fully saturated rings. The van der Waals surface area contributed by atoms with E-state index in [1.165, 1.54) is 0 Å². The third kappa shape index (κ3) is 3.69. The molecule has 3 aromatic rings. The van der Waals surface area contributed by atoms with E-state index in [0.29, 0.717) is 18.5 Å². The van der Waals surface area contributed by atoms with Crippen LogP contribution in [-0.2, 0) is 19.7 Å². The minimum absolute atomic E-state index is 0.0171. The number of nitrogens with one attached hydrogen (secondary N) is 1. The summed E-state index contributed by atoms with van der Waals surface area (Å²) < 4.78 is 1.64. The minimum Gasteiger partial charge on any atom is -0.392 e. The average Bonchev–Trinajstić information content (AvgIpc) is 2.63. The second-order valence-corrected chi connectivity index (χ2v) is 5.98. The fraction of sp³-hybridized carbons (Fsp3) is 0.263. The maximum Gasteiger partial charge on any atom is 0.261 e. The Kier molecular flexibility index (Phi) is 5.03. The molecule has 0 amide bonds. The number of fused-ring (bicyclic) bond motifs is 1. The van der Waals surface area contributed by atoms with Crippen LogP contribution in [0.5, 0.6) is 0 Å². The lowest BCUT2D eigenvalue weighted by molar-refractivity contribution is 0.281. The summed E-state index contributed by atoms with van der Waals surface area (Å²) in [6.07, 6.45) is 1.61. The van der Waals surface area contributed by atoms with Crippen LogP contribution in [0.2, 0.25) is 0 Å². The first-order chi connectivity index (χ1) is 11.7. The minimum atomic E-state index is -0.0171. The summed E-state index contributed by atoms with van der Waals surface area (Å²) in [5.41, 5.74) is 2.71. The van der Waals surface area contributed by atoms with Crippen molar-refractivity contribution in [1.82, 2.24) is 14.9 Å². The second-order valence-electron chi connectivity index (χ2n) is 5.98. The normalized spacial score (nSPS) is 12.4. The SMILES string of the molecule is CC(Cn1cnc2ccccc2c1=O)NCc1cccc(CO)c1. The van der Waals surface area contributed by atoms with Gasteiger partial charge < -0.3 is 10.4 Å². The molecule has 0 saturated carbocycles. The van der Waals surface area contributed by atoms with Crippen molar-refractivity contribution in [2.75, 3.05) is 0 Å². The zero-order valence-corrected chi connectivity index (χ0v) is 13.6. The number of benzene rings is 2. The van der Waals surface area contributed by atoms with E-state index in [9.17, 15) is 9.90 Å². The van der Waals surface area contributed by atoms with E-state index in [4.69, 9.17) is 0 Å². The summed E-state index contributed by atoms with van der Waals surface area (Å²) in [5.74, 6) is 0. The van der Waals surface area contributed by atoms with Gasteiger partial charge in [-0.3, -0.25) is 9.36 Å². The summed E-state index contributed by atoms with van der Waals surface area (Å²) >= 11 is 0. The van der Waals surface area contributed by atoms with E-state index in [1.54, 1.807) is 17.0 Å². The van der Waals surface area contributed by atoms with Gasteiger partial charge in [0.2, 0.25) is 0 Å². The molecule has 124 valence electrons. The average molecular weight is 323 g/mol. The van der Waals surface area contributed by atoms with Gasteiger partial charge in [-0.15, -0.1) is 0 Å². The fourth-order valence-corrected chi connectivity index (χ4v) is 2.73. The molecule has 0 bridgehead atoms. The summed E-state index contributed by atoms with van der Waals surface area (Å²) in [6, 6.07) is 15.3. The van der Waals surface area contributed by atoms with Crippen molar-refractivity contribution < 1.29 is 5.11 Å². The molecule has 24 heavy (non-hydrogen) atoms. The standard InChI is InChI=1S/C19H21N3O2/c1-14(20-10-15-5-4-6-16(9-15)12-23)11-22-13-21-18-8-3-2-7-17(18)19(22)24/h2-9,13-14,20,23H,10-12H2,1H3. The monoisotopic (exact) mass is 323 g/mol. The van der Waals surface area contributed by atoms with Crippen molar-refractivity contribution in [2.24, 2.45) is 0 Å². The molecule has 0 aliphatic rings. The molecule has 1 aromatic heterocycles. The largest absolute Gasteiger partial charge is 0.392 e. The van der Waals surface area contributed by atoms with Crippen LogP contribution in [0.1, 0.15) is 18.1 Å². The van der Waals surface area contributed by atoms with E-state index < -0.39 is 0 Å². The molecule has 0 aliphatic carbocycles. The van der Waals surface area contributed by atoms with Crippen molar-refractivity contribution in [2.45, 2.75) is 32.7 Å². The molecule has 2 N–H and O–H groups in total. The smallest absolute Gasteiger partial charge is 0.261 e. The van der Waals surface area contributed by atoms with Crippen LogP contribution < -0.4 is 10.9 Å². The molecule has 3 rings (SSSR count). The maximum atomic E-state index is 12.5. The summed E-state index contributed by atoms with van der Waals surface area (Å²) in [4.78, 5) is 16.8. The first kappa shape index (κ1) is 16.4. The van der Waals surface area contributed by atoms with Crippen LogP contribution in [0.25, 0.3) is 10.9 Å². The van der Waals surface area contributed by atoms with E-state index >= 15 is 0 Å². The van der Waals surface area contributed by atoms with Crippen LogP contribution in [-0.4, -0.2) is 20.7 Å². The van der Waals surface area contributed by atoms with Crippen molar-refractivity contribution >= 4 is 10.9 Å². The van der Waals surface area contributed by atoms with Gasteiger partial charge in [-0.2, -0.15) is 0 Å². The summed E-state index contributed by atoms with van der Waals surface area (Å²) in [5, 5.41) is 13.2. The van der Waals surface area contributed by atoms with Crippen LogP contribution in [0.4, 0.5) is 0 Å². The maximum absolute atomic E-state index is 12.5. The highest BCUT2D eigenvalue weighted by Gasteiger charge is 2.07. The molecule has 1 atom stereocenters. The first-order valence-electron chi connectivity index (χ1n) is 8.03. The highest BCUT2D eigenvalue weighted by Crippen LogP contribution is 2.07. The fourth-order valence-electron chi connectivity index (χ4n) is 2.73. The van der Waals surface area contributed by atoms with Gasteiger partial charge in [0.05, 0.1) is 23.8 Å². The van der Waals surface area contributed by atoms with Gasteiger partial charge in [0.25, 0.3) is 5.56 Å². The quantitative estimate of drug-likeness (QED) is 0.729. The lowest BCUT2D eigenvalue weighted by Gasteiger charge is -2.16. The lowest BCUT2D eigenvalue weighted by Crippen LogP contribution is -2.34. The van der Waals surface area contributed by atoms with Gasteiger partial charge in [0.1, 0.15) is 0 Å². The molecule has 5 heteroatoms. The van der Waals surface area contributed by atoms with Gasteiger partial charge in [0.15, 0.2) is 0 Å². The Bertz CT molecular complexity index is 889. The highest BCUT2D eigenvalue weighted by atomic mass is 16.3. The van der Waals surface area contributed by atoms with Crippen LogP contribution in [0.3, 0.4) is 0 Å². The van der Waals surface area contributed by atoms with Crippen molar-refractivity contribution in [3.63, 3.8) is 0 Å². The predicted octanol–water partition coefficient (Wildman–Crippen LogP) is 2.07. The number of aliphatic hydroxyl groups is 1. The Hall–Kier alpha value is -2.50. The van der Waals surface area contributed by atoms with E-state index in [1.807, 2.05) is 49.4 Å².